The van der Waals surface area contributed by atoms with Gasteiger partial charge in [-0.05, 0) is 31.0 Å². The molecule has 0 radical (unpaired) electrons. The fraction of sp³-hybridized carbons (Fsp3) is 0.455. The van der Waals surface area contributed by atoms with Gasteiger partial charge in [-0.2, -0.15) is 0 Å². The van der Waals surface area contributed by atoms with Gasteiger partial charge in [0.25, 0.3) is 9.05 Å². The molecule has 1 saturated heterocycles. The predicted octanol–water partition coefficient (Wildman–Crippen LogP) is 2.19. The number of hydrogen-bond donors (Lipinski definition) is 1. The monoisotopic (exact) mass is 373 g/mol. The fourth-order valence-corrected chi connectivity index (χ4v) is 4.54. The van der Waals surface area contributed by atoms with Crippen molar-refractivity contribution in [2.45, 2.75) is 23.0 Å². The summed E-state index contributed by atoms with van der Waals surface area (Å²) in [5.74, 6) is 0. The Balaban J connectivity index is 2.23. The van der Waals surface area contributed by atoms with Crippen molar-refractivity contribution < 1.29 is 21.6 Å². The van der Waals surface area contributed by atoms with E-state index in [1.165, 1.54) is 12.1 Å². The van der Waals surface area contributed by atoms with Crippen LogP contribution in [0.5, 0.6) is 0 Å². The molecule has 1 fully saturated rings. The van der Waals surface area contributed by atoms with E-state index in [9.17, 15) is 16.8 Å². The molecule has 0 bridgehead atoms. The van der Waals surface area contributed by atoms with Gasteiger partial charge in [0.05, 0.1) is 20.9 Å². The van der Waals surface area contributed by atoms with E-state index >= 15 is 0 Å². The van der Waals surface area contributed by atoms with Crippen LogP contribution in [0.2, 0.25) is 5.02 Å². The Labute approximate surface area is 132 Å². The zero-order valence-electron chi connectivity index (χ0n) is 10.8. The molecule has 2 rings (SSSR count). The van der Waals surface area contributed by atoms with E-state index < -0.39 is 24.3 Å². The minimum atomic E-state index is -3.91. The molecular weight excluding hydrogens is 361 g/mol. The van der Waals surface area contributed by atoms with Crippen LogP contribution in [-0.4, -0.2) is 35.3 Å². The number of halogens is 2. The molecule has 1 aromatic rings. The Morgan fingerprint density at radius 3 is 2.29 bits per heavy atom. The second kappa shape index (κ2) is 6.29. The van der Waals surface area contributed by atoms with E-state index in [-0.39, 0.29) is 15.6 Å². The van der Waals surface area contributed by atoms with E-state index in [1.807, 2.05) is 0 Å². The smallest absolute Gasteiger partial charge is 0.261 e. The van der Waals surface area contributed by atoms with Gasteiger partial charge < -0.3 is 4.74 Å². The topological polar surface area (TPSA) is 89.5 Å². The Bertz CT molecular complexity index is 727. The normalized spacial score (nSPS) is 17.6. The van der Waals surface area contributed by atoms with Gasteiger partial charge in [0.2, 0.25) is 10.0 Å². The SMILES string of the molecule is O=S(=O)(Cl)c1ccc(NS(=O)(=O)C2CCOCC2)c(Cl)c1. The van der Waals surface area contributed by atoms with Gasteiger partial charge in [-0.15, -0.1) is 0 Å². The third-order valence-corrected chi connectivity index (χ3v) is 6.60. The third kappa shape index (κ3) is 4.23. The van der Waals surface area contributed by atoms with Crippen LogP contribution >= 0.6 is 22.3 Å². The van der Waals surface area contributed by atoms with Crippen LogP contribution in [0.25, 0.3) is 0 Å². The zero-order valence-corrected chi connectivity index (χ0v) is 13.9. The van der Waals surface area contributed by atoms with Crippen LogP contribution in [0.4, 0.5) is 5.69 Å². The van der Waals surface area contributed by atoms with Crippen molar-refractivity contribution in [3.8, 4) is 0 Å². The lowest BCUT2D eigenvalue weighted by Gasteiger charge is -2.23. The van der Waals surface area contributed by atoms with Crippen molar-refractivity contribution in [2.75, 3.05) is 17.9 Å². The van der Waals surface area contributed by atoms with Crippen LogP contribution in [0.3, 0.4) is 0 Å². The summed E-state index contributed by atoms with van der Waals surface area (Å²) in [7, 11) is -2.32. The van der Waals surface area contributed by atoms with Crippen LogP contribution in [-0.2, 0) is 23.8 Å². The van der Waals surface area contributed by atoms with Crippen molar-refractivity contribution >= 4 is 47.0 Å². The van der Waals surface area contributed by atoms with Gasteiger partial charge in [-0.3, -0.25) is 4.72 Å². The second-order valence-corrected chi connectivity index (χ2v) is 9.47. The Morgan fingerprint density at radius 2 is 1.76 bits per heavy atom. The summed E-state index contributed by atoms with van der Waals surface area (Å²) in [5, 5.41) is -0.592. The second-order valence-electron chi connectivity index (χ2n) is 4.54. The van der Waals surface area contributed by atoms with Crippen molar-refractivity contribution in [1.82, 2.24) is 0 Å². The molecule has 118 valence electrons. The highest BCUT2D eigenvalue weighted by Gasteiger charge is 2.28. The molecule has 1 heterocycles. The van der Waals surface area contributed by atoms with Crippen molar-refractivity contribution in [1.29, 1.82) is 0 Å². The standard InChI is InChI=1S/C11H13Cl2NO5S2/c12-10-7-9(20(13,15)16)1-2-11(10)14-21(17,18)8-3-5-19-6-4-8/h1-2,7-8,14H,3-6H2. The summed E-state index contributed by atoms with van der Waals surface area (Å²) in [6, 6.07) is 3.57. The third-order valence-electron chi connectivity index (χ3n) is 3.08. The summed E-state index contributed by atoms with van der Waals surface area (Å²) in [6.45, 7) is 0.783. The van der Waals surface area contributed by atoms with E-state index in [1.54, 1.807) is 0 Å². The highest BCUT2D eigenvalue weighted by molar-refractivity contribution is 8.13. The number of ether oxygens (including phenoxy) is 1. The molecule has 1 aliphatic rings. The molecule has 1 aliphatic heterocycles. The van der Waals surface area contributed by atoms with E-state index in [0.29, 0.717) is 26.1 Å². The maximum atomic E-state index is 12.2. The lowest BCUT2D eigenvalue weighted by molar-refractivity contribution is 0.0984. The average molecular weight is 374 g/mol. The molecule has 0 saturated carbocycles. The number of hydrogen-bond acceptors (Lipinski definition) is 5. The molecule has 6 nitrogen and oxygen atoms in total. The van der Waals surface area contributed by atoms with Crippen molar-refractivity contribution in [3.63, 3.8) is 0 Å². The number of rotatable bonds is 4. The molecule has 0 spiro atoms. The molecule has 0 aromatic heterocycles. The largest absolute Gasteiger partial charge is 0.381 e. The first-order valence-corrected chi connectivity index (χ1v) is 10.3. The first-order chi connectivity index (χ1) is 9.70. The first kappa shape index (κ1) is 16.8. The van der Waals surface area contributed by atoms with E-state index in [2.05, 4.69) is 4.72 Å². The molecular formula is C11H13Cl2NO5S2. The predicted molar refractivity (Wildman–Crippen MR) is 80.9 cm³/mol. The van der Waals surface area contributed by atoms with Gasteiger partial charge in [-0.25, -0.2) is 16.8 Å². The van der Waals surface area contributed by atoms with Crippen LogP contribution < -0.4 is 4.72 Å². The van der Waals surface area contributed by atoms with Gasteiger partial charge in [0.1, 0.15) is 0 Å². The molecule has 0 unspecified atom stereocenters. The van der Waals surface area contributed by atoms with Gasteiger partial charge in [-0.1, -0.05) is 11.6 Å². The summed E-state index contributed by atoms with van der Waals surface area (Å²) in [5.41, 5.74) is 0.118. The number of anilines is 1. The van der Waals surface area contributed by atoms with E-state index in [4.69, 9.17) is 27.0 Å². The molecule has 0 aliphatic carbocycles. The fourth-order valence-electron chi connectivity index (χ4n) is 1.95. The van der Waals surface area contributed by atoms with Crippen molar-refractivity contribution in [2.24, 2.45) is 0 Å². The average Bonchev–Trinajstić information content (AvgIpc) is 2.41. The van der Waals surface area contributed by atoms with Crippen molar-refractivity contribution in [3.05, 3.63) is 23.2 Å². The summed E-state index contributed by atoms with van der Waals surface area (Å²) in [6.07, 6.45) is 0.808. The lowest BCUT2D eigenvalue weighted by atomic mass is 10.2. The molecule has 0 atom stereocenters. The molecule has 0 amide bonds. The van der Waals surface area contributed by atoms with Crippen LogP contribution in [0.1, 0.15) is 12.8 Å². The summed E-state index contributed by atoms with van der Waals surface area (Å²) in [4.78, 5) is -0.191. The maximum Gasteiger partial charge on any atom is 0.261 e. The van der Waals surface area contributed by atoms with Gasteiger partial charge >= 0.3 is 0 Å². The number of sulfonamides is 1. The summed E-state index contributed by atoms with van der Waals surface area (Å²) >= 11 is 5.91. The van der Waals surface area contributed by atoms with Crippen LogP contribution in [0, 0.1) is 0 Å². The first-order valence-electron chi connectivity index (χ1n) is 6.04. The number of benzene rings is 1. The zero-order chi connectivity index (χ0) is 15.7. The highest BCUT2D eigenvalue weighted by atomic mass is 35.7. The molecule has 1 aromatic carbocycles. The van der Waals surface area contributed by atoms with Crippen LogP contribution in [0.15, 0.2) is 23.1 Å². The Morgan fingerprint density at radius 1 is 1.14 bits per heavy atom. The van der Waals surface area contributed by atoms with E-state index in [0.717, 1.165) is 6.07 Å². The summed E-state index contributed by atoms with van der Waals surface area (Å²) < 4.78 is 54.3. The van der Waals surface area contributed by atoms with Gasteiger partial charge in [0, 0.05) is 23.9 Å². The Hall–Kier alpha value is -0.540. The quantitative estimate of drug-likeness (QED) is 0.816. The maximum absolute atomic E-state index is 12.2. The molecule has 10 heteroatoms. The highest BCUT2D eigenvalue weighted by Crippen LogP contribution is 2.29. The minimum Gasteiger partial charge on any atom is -0.381 e. The molecule has 21 heavy (non-hydrogen) atoms. The van der Waals surface area contributed by atoms with Gasteiger partial charge in [0.15, 0.2) is 0 Å². The molecule has 1 N–H and O–H groups in total. The minimum absolute atomic E-state index is 0.0349. The Kier molecular flexibility index (Phi) is 5.04. The lowest BCUT2D eigenvalue weighted by Crippen LogP contribution is -2.33. The number of nitrogens with one attached hydrogen (secondary N) is 1.